The second kappa shape index (κ2) is 14.7. The molecular weight excluding hydrogens is 606 g/mol. The fraction of sp³-hybridized carbons (Fsp3) is 0.500. The molecule has 0 unspecified atom stereocenters. The lowest BCUT2D eigenvalue weighted by Gasteiger charge is -2.33. The van der Waals surface area contributed by atoms with Crippen LogP contribution in [0.5, 0.6) is 5.88 Å². The van der Waals surface area contributed by atoms with Crippen molar-refractivity contribution in [2.45, 2.75) is 59.0 Å². The SMILES string of the molecule is C=C(CCC1CCN(C(=O)CN2CC[C@@H](C(=O)N(CC)c3ccc4[nH]nc(-c5ccc(OC(C)C)nc5)c4c3)C2)CC1)c1ncn(C)n1. The Morgan fingerprint density at radius 3 is 2.60 bits per heavy atom. The first-order chi connectivity index (χ1) is 23.2. The van der Waals surface area contributed by atoms with E-state index in [4.69, 9.17) is 4.74 Å². The number of carbonyl (C=O) groups excluding carboxylic acids is 2. The van der Waals surface area contributed by atoms with Crippen molar-refractivity contribution < 1.29 is 14.3 Å². The molecule has 2 aliphatic rings. The third kappa shape index (κ3) is 7.59. The molecule has 2 saturated heterocycles. The smallest absolute Gasteiger partial charge is 0.236 e. The van der Waals surface area contributed by atoms with Crippen LogP contribution in [0.25, 0.3) is 27.7 Å². The molecule has 6 rings (SSSR count). The lowest BCUT2D eigenvalue weighted by atomic mass is 9.90. The molecule has 48 heavy (non-hydrogen) atoms. The van der Waals surface area contributed by atoms with E-state index >= 15 is 0 Å². The third-order valence-electron chi connectivity index (χ3n) is 9.52. The molecule has 2 amide bonds. The molecule has 0 spiro atoms. The van der Waals surface area contributed by atoms with Gasteiger partial charge in [-0.2, -0.15) is 10.2 Å². The van der Waals surface area contributed by atoms with Crippen molar-refractivity contribution >= 4 is 34.0 Å². The molecule has 2 fully saturated rings. The van der Waals surface area contributed by atoms with Gasteiger partial charge in [-0.3, -0.25) is 24.3 Å². The van der Waals surface area contributed by atoms with E-state index in [1.807, 2.05) is 68.0 Å². The van der Waals surface area contributed by atoms with E-state index < -0.39 is 0 Å². The number of likely N-dealkylation sites (tertiary alicyclic amines) is 2. The van der Waals surface area contributed by atoms with Gasteiger partial charge in [-0.15, -0.1) is 0 Å². The third-order valence-corrected chi connectivity index (χ3v) is 9.52. The summed E-state index contributed by atoms with van der Waals surface area (Å²) in [6.07, 6.45) is 8.16. The first-order valence-electron chi connectivity index (χ1n) is 17.1. The van der Waals surface area contributed by atoms with Crippen molar-refractivity contribution in [3.63, 3.8) is 0 Å². The number of aromatic amines is 1. The highest BCUT2D eigenvalue weighted by molar-refractivity contribution is 6.00. The number of benzene rings is 1. The number of aryl methyl sites for hydroxylation is 1. The van der Waals surface area contributed by atoms with Crippen molar-refractivity contribution in [2.24, 2.45) is 18.9 Å². The van der Waals surface area contributed by atoms with Crippen LogP contribution in [0.3, 0.4) is 0 Å². The van der Waals surface area contributed by atoms with Crippen LogP contribution in [0.2, 0.25) is 0 Å². The van der Waals surface area contributed by atoms with Crippen LogP contribution >= 0.6 is 0 Å². The van der Waals surface area contributed by atoms with Crippen molar-refractivity contribution in [3.8, 4) is 17.1 Å². The molecule has 3 aromatic heterocycles. The molecule has 0 aliphatic carbocycles. The summed E-state index contributed by atoms with van der Waals surface area (Å²) in [6.45, 7) is 13.9. The maximum atomic E-state index is 13.8. The number of aromatic nitrogens is 6. The van der Waals surface area contributed by atoms with Crippen molar-refractivity contribution in [3.05, 3.63) is 55.3 Å². The number of allylic oxidation sites excluding steroid dienone is 1. The number of rotatable bonds is 12. The summed E-state index contributed by atoms with van der Waals surface area (Å²) >= 11 is 0. The van der Waals surface area contributed by atoms with E-state index in [-0.39, 0.29) is 23.8 Å². The molecule has 0 saturated carbocycles. The van der Waals surface area contributed by atoms with E-state index in [1.54, 1.807) is 17.2 Å². The highest BCUT2D eigenvalue weighted by Gasteiger charge is 2.34. The maximum absolute atomic E-state index is 13.8. The van der Waals surface area contributed by atoms with E-state index in [0.29, 0.717) is 31.4 Å². The number of piperidine rings is 1. The minimum Gasteiger partial charge on any atom is -0.475 e. The van der Waals surface area contributed by atoms with Crippen LogP contribution in [0.1, 0.15) is 58.7 Å². The summed E-state index contributed by atoms with van der Waals surface area (Å²) < 4.78 is 7.39. The number of nitrogens with one attached hydrogen (secondary N) is 1. The molecule has 1 N–H and O–H groups in total. The number of carbonyl (C=O) groups is 2. The molecule has 1 aromatic carbocycles. The molecule has 4 aromatic rings. The Morgan fingerprint density at radius 1 is 1.10 bits per heavy atom. The molecule has 12 nitrogen and oxygen atoms in total. The first kappa shape index (κ1) is 33.3. The van der Waals surface area contributed by atoms with Gasteiger partial charge in [0.2, 0.25) is 17.7 Å². The molecular formula is C36H47N9O3. The summed E-state index contributed by atoms with van der Waals surface area (Å²) in [4.78, 5) is 41.8. The van der Waals surface area contributed by atoms with E-state index in [0.717, 1.165) is 91.0 Å². The van der Waals surface area contributed by atoms with Gasteiger partial charge < -0.3 is 14.5 Å². The standard InChI is InChI=1S/C36H47N9O3/c1-6-45(29-10-11-31-30(19-29)34(40-39-31)27-9-12-32(37-20-27)48-24(2)3)36(47)28-15-16-43(21-28)22-33(46)44-17-13-26(14-18-44)8-7-25(4)35-38-23-42(5)41-35/h9-12,19-20,23-24,26,28H,4,6-8,13-18,21-22H2,1-3,5H3,(H,39,40)/t28-/m1/s1. The Morgan fingerprint density at radius 2 is 1.92 bits per heavy atom. The van der Waals surface area contributed by atoms with Gasteiger partial charge in [0.15, 0.2) is 5.82 Å². The van der Waals surface area contributed by atoms with Crippen molar-refractivity contribution in [1.82, 2.24) is 39.7 Å². The Bertz CT molecular complexity index is 1740. The van der Waals surface area contributed by atoms with Crippen molar-refractivity contribution in [2.75, 3.05) is 44.2 Å². The predicted molar refractivity (Wildman–Crippen MR) is 186 cm³/mol. The minimum atomic E-state index is -0.151. The lowest BCUT2D eigenvalue weighted by Crippen LogP contribution is -2.44. The number of nitrogens with zero attached hydrogens (tertiary/aromatic N) is 8. The van der Waals surface area contributed by atoms with Gasteiger partial charge in [0.05, 0.1) is 24.1 Å². The normalized spacial score (nSPS) is 17.4. The monoisotopic (exact) mass is 653 g/mol. The van der Waals surface area contributed by atoms with E-state index in [2.05, 4.69) is 36.7 Å². The van der Waals surface area contributed by atoms with Gasteiger partial charge in [0.1, 0.15) is 12.0 Å². The van der Waals surface area contributed by atoms with Crippen LogP contribution < -0.4 is 9.64 Å². The molecule has 254 valence electrons. The number of pyridine rings is 1. The maximum Gasteiger partial charge on any atom is 0.236 e. The van der Waals surface area contributed by atoms with Crippen LogP contribution in [-0.4, -0.2) is 96.9 Å². The Balaban J connectivity index is 1.01. The largest absolute Gasteiger partial charge is 0.475 e. The van der Waals surface area contributed by atoms with Gasteiger partial charge in [0, 0.05) is 62.1 Å². The zero-order valence-corrected chi connectivity index (χ0v) is 28.6. The lowest BCUT2D eigenvalue weighted by molar-refractivity contribution is -0.134. The second-order valence-corrected chi connectivity index (χ2v) is 13.4. The van der Waals surface area contributed by atoms with Gasteiger partial charge in [-0.25, -0.2) is 9.97 Å². The number of amides is 2. The Hall–Kier alpha value is -4.58. The molecule has 1 atom stereocenters. The first-order valence-corrected chi connectivity index (χ1v) is 17.1. The summed E-state index contributed by atoms with van der Waals surface area (Å²) in [7, 11) is 1.86. The van der Waals surface area contributed by atoms with Crippen LogP contribution in [0.4, 0.5) is 5.69 Å². The van der Waals surface area contributed by atoms with Gasteiger partial charge >= 0.3 is 0 Å². The van der Waals surface area contributed by atoms with E-state index in [1.165, 1.54) is 0 Å². The minimum absolute atomic E-state index is 0.0455. The fourth-order valence-electron chi connectivity index (χ4n) is 6.84. The van der Waals surface area contributed by atoms with Gasteiger partial charge in [-0.05, 0) is 95.2 Å². The number of fused-ring (bicyclic) bond motifs is 1. The van der Waals surface area contributed by atoms with Crippen molar-refractivity contribution in [1.29, 1.82) is 0 Å². The summed E-state index contributed by atoms with van der Waals surface area (Å²) in [5.74, 6) is 1.96. The molecule has 2 aliphatic heterocycles. The molecule has 0 radical (unpaired) electrons. The number of anilines is 1. The quantitative estimate of drug-likeness (QED) is 0.228. The average Bonchev–Trinajstić information content (AvgIpc) is 3.84. The highest BCUT2D eigenvalue weighted by atomic mass is 16.5. The van der Waals surface area contributed by atoms with Crippen LogP contribution in [0.15, 0.2) is 49.4 Å². The van der Waals surface area contributed by atoms with Gasteiger partial charge in [0.25, 0.3) is 0 Å². The number of hydrogen-bond acceptors (Lipinski definition) is 8. The predicted octanol–water partition coefficient (Wildman–Crippen LogP) is 4.95. The zero-order chi connectivity index (χ0) is 33.8. The zero-order valence-electron chi connectivity index (χ0n) is 28.6. The molecule has 0 bridgehead atoms. The number of ether oxygens (including phenoxy) is 1. The topological polar surface area (TPSA) is 125 Å². The average molecular weight is 654 g/mol. The number of H-pyrrole nitrogens is 1. The highest BCUT2D eigenvalue weighted by Crippen LogP contribution is 2.32. The van der Waals surface area contributed by atoms with Crippen LogP contribution in [-0.2, 0) is 16.6 Å². The summed E-state index contributed by atoms with van der Waals surface area (Å²) in [6, 6.07) is 9.76. The van der Waals surface area contributed by atoms with E-state index in [9.17, 15) is 9.59 Å². The van der Waals surface area contributed by atoms with Crippen LogP contribution in [0, 0.1) is 11.8 Å². The fourth-order valence-corrected chi connectivity index (χ4v) is 6.84. The summed E-state index contributed by atoms with van der Waals surface area (Å²) in [5.41, 5.74) is 4.34. The summed E-state index contributed by atoms with van der Waals surface area (Å²) in [5, 5.41) is 12.9. The number of hydrogen-bond donors (Lipinski definition) is 1. The molecule has 5 heterocycles. The molecule has 12 heteroatoms. The second-order valence-electron chi connectivity index (χ2n) is 13.4. The Kier molecular flexibility index (Phi) is 10.2. The Labute approximate surface area is 282 Å². The van der Waals surface area contributed by atoms with Gasteiger partial charge in [-0.1, -0.05) is 6.58 Å².